The fourth-order valence-corrected chi connectivity index (χ4v) is 6.91. The number of carbonyl (C=O) groups excluding carboxylic acids is 1. The maximum atomic E-state index is 10.5. The molecule has 3 aromatic heterocycles. The van der Waals surface area contributed by atoms with E-state index in [1.54, 1.807) is 38.7 Å². The lowest BCUT2D eigenvalue weighted by atomic mass is 10.1. The molecule has 0 fully saturated rings. The normalized spacial score (nSPS) is 10.6. The Morgan fingerprint density at radius 1 is 0.644 bits per heavy atom. The summed E-state index contributed by atoms with van der Waals surface area (Å²) in [6, 6.07) is 43.5. The van der Waals surface area contributed by atoms with Crippen molar-refractivity contribution in [1.29, 1.82) is 0 Å². The van der Waals surface area contributed by atoms with Crippen molar-refractivity contribution in [2.45, 2.75) is 10.3 Å². The van der Waals surface area contributed by atoms with E-state index in [4.69, 9.17) is 25.2 Å². The van der Waals surface area contributed by atoms with E-state index in [0.717, 1.165) is 67.8 Å². The van der Waals surface area contributed by atoms with Gasteiger partial charge >= 0.3 is 0 Å². The first kappa shape index (κ1) is 40.2. The van der Waals surface area contributed by atoms with E-state index in [9.17, 15) is 4.79 Å². The molecule has 3 heterocycles. The van der Waals surface area contributed by atoms with Crippen LogP contribution in [-0.2, 0) is 0 Å². The highest BCUT2D eigenvalue weighted by Gasteiger charge is 2.17. The van der Waals surface area contributed by atoms with E-state index in [1.165, 1.54) is 39.7 Å². The van der Waals surface area contributed by atoms with Gasteiger partial charge in [-0.25, -0.2) is 24.9 Å². The largest absolute Gasteiger partial charge is 0.497 e. The molecular weight excluding hydrogens is 777 g/mol. The summed E-state index contributed by atoms with van der Waals surface area (Å²) in [5.74, 6) is 3.85. The average molecular weight is 817 g/mol. The first-order valence-electron chi connectivity index (χ1n) is 18.3. The van der Waals surface area contributed by atoms with Crippen LogP contribution in [0.15, 0.2) is 156 Å². The second-order valence-corrected chi connectivity index (χ2v) is 14.4. The molecule has 9 rings (SSSR count). The van der Waals surface area contributed by atoms with Gasteiger partial charge in [0.2, 0.25) is 0 Å². The van der Waals surface area contributed by atoms with Crippen LogP contribution < -0.4 is 20.5 Å². The standard InChI is InChI=1S/C23H18N4OS.C12H14N4OS.C11H8O/c1-28-18-9-10-20-19(14-18)25-22(27(20)21-11-12-24-23(26-21)29-2)17-8-7-15-5-3-4-6-16(15)13-17;1-17-8-3-4-10(9(13)7-8)15-11-5-6-14-12(16-11)18-2;12-8-9-5-6-10-3-1-2-4-11(10)7-9/h3-14H,1-2H3;3-7H,13H2,1-2H3,(H,14,15,16);1-8H. The summed E-state index contributed by atoms with van der Waals surface area (Å²) in [5, 5.41) is 9.25. The molecule has 11 nitrogen and oxygen atoms in total. The number of aromatic nitrogens is 6. The molecule has 0 radical (unpaired) electrons. The molecule has 0 bridgehead atoms. The number of anilines is 3. The van der Waals surface area contributed by atoms with Crippen molar-refractivity contribution in [2.24, 2.45) is 0 Å². The number of imidazole rings is 1. The minimum Gasteiger partial charge on any atom is -0.497 e. The molecule has 0 aliphatic carbocycles. The zero-order valence-corrected chi connectivity index (χ0v) is 34.4. The molecule has 59 heavy (non-hydrogen) atoms. The lowest BCUT2D eigenvalue weighted by molar-refractivity contribution is 0.112. The summed E-state index contributed by atoms with van der Waals surface area (Å²) in [5.41, 5.74) is 10.9. The molecule has 294 valence electrons. The Balaban J connectivity index is 0.000000150. The van der Waals surface area contributed by atoms with Crippen LogP contribution >= 0.6 is 23.5 Å². The molecule has 0 aliphatic rings. The SMILES string of the molecule is COc1ccc(Nc2ccnc(SC)n2)c(N)c1.COc1ccc2c(c1)nc(-c1ccc3ccccc3c1)n2-c1ccnc(SC)n1.O=Cc1ccc2ccccc2c1. The quantitative estimate of drug-likeness (QED) is 0.0619. The zero-order chi connectivity index (χ0) is 41.1. The third-order valence-electron chi connectivity index (χ3n) is 9.15. The van der Waals surface area contributed by atoms with Gasteiger partial charge < -0.3 is 20.5 Å². The highest BCUT2D eigenvalue weighted by molar-refractivity contribution is 7.98. The van der Waals surface area contributed by atoms with Crippen molar-refractivity contribution in [3.8, 4) is 28.7 Å². The number of methoxy groups -OCH3 is 2. The van der Waals surface area contributed by atoms with Gasteiger partial charge in [0.05, 0.1) is 36.6 Å². The van der Waals surface area contributed by atoms with Crippen LogP contribution in [0.5, 0.6) is 11.5 Å². The molecule has 0 saturated carbocycles. The third-order valence-corrected chi connectivity index (χ3v) is 10.3. The van der Waals surface area contributed by atoms with E-state index in [-0.39, 0.29) is 0 Å². The van der Waals surface area contributed by atoms with Gasteiger partial charge in [0.25, 0.3) is 0 Å². The van der Waals surface area contributed by atoms with Gasteiger partial charge in [-0.2, -0.15) is 0 Å². The van der Waals surface area contributed by atoms with Gasteiger partial charge in [-0.15, -0.1) is 0 Å². The Morgan fingerprint density at radius 3 is 1.95 bits per heavy atom. The smallest absolute Gasteiger partial charge is 0.189 e. The van der Waals surface area contributed by atoms with E-state index in [2.05, 4.69) is 61.2 Å². The summed E-state index contributed by atoms with van der Waals surface area (Å²) in [4.78, 5) is 32.9. The summed E-state index contributed by atoms with van der Waals surface area (Å²) in [7, 11) is 3.27. The molecule has 13 heteroatoms. The summed E-state index contributed by atoms with van der Waals surface area (Å²) < 4.78 is 12.6. The van der Waals surface area contributed by atoms with Crippen LogP contribution in [0.1, 0.15) is 10.4 Å². The number of hydrogen-bond acceptors (Lipinski definition) is 12. The lowest BCUT2D eigenvalue weighted by Gasteiger charge is -2.10. The number of thioether (sulfide) groups is 2. The van der Waals surface area contributed by atoms with Crippen LogP contribution in [0.2, 0.25) is 0 Å². The van der Waals surface area contributed by atoms with E-state index in [1.807, 2.05) is 97.4 Å². The van der Waals surface area contributed by atoms with Crippen molar-refractivity contribution in [2.75, 3.05) is 37.8 Å². The molecule has 0 saturated heterocycles. The van der Waals surface area contributed by atoms with Gasteiger partial charge in [0.15, 0.2) is 10.3 Å². The number of fused-ring (bicyclic) bond motifs is 3. The van der Waals surface area contributed by atoms with Crippen LogP contribution in [-0.4, -0.2) is 62.5 Å². The second kappa shape index (κ2) is 19.0. The molecule has 3 N–H and O–H groups in total. The zero-order valence-electron chi connectivity index (χ0n) is 32.7. The molecule has 0 unspecified atom stereocenters. The highest BCUT2D eigenvalue weighted by atomic mass is 32.2. The fourth-order valence-electron chi connectivity index (χ4n) is 6.21. The van der Waals surface area contributed by atoms with Gasteiger partial charge in [-0.1, -0.05) is 96.3 Å². The first-order chi connectivity index (χ1) is 28.9. The maximum absolute atomic E-state index is 10.5. The van der Waals surface area contributed by atoms with Crippen molar-refractivity contribution >= 4 is 79.6 Å². The molecule has 0 atom stereocenters. The number of nitrogen functional groups attached to an aromatic ring is 1. The van der Waals surface area contributed by atoms with Crippen LogP contribution in [0.3, 0.4) is 0 Å². The second-order valence-electron chi connectivity index (χ2n) is 12.8. The van der Waals surface area contributed by atoms with Crippen molar-refractivity contribution in [3.05, 3.63) is 151 Å². The lowest BCUT2D eigenvalue weighted by Crippen LogP contribution is -2.02. The molecule has 0 amide bonds. The topological polar surface area (TPSA) is 143 Å². The predicted molar refractivity (Wildman–Crippen MR) is 242 cm³/mol. The Kier molecular flexibility index (Phi) is 13.0. The monoisotopic (exact) mass is 816 g/mol. The summed E-state index contributed by atoms with van der Waals surface area (Å²) >= 11 is 3.01. The van der Waals surface area contributed by atoms with Crippen molar-refractivity contribution < 1.29 is 14.3 Å². The van der Waals surface area contributed by atoms with E-state index >= 15 is 0 Å². The minimum absolute atomic E-state index is 0.610. The Hall–Kier alpha value is -6.96. The number of carbonyl (C=O) groups is 1. The summed E-state index contributed by atoms with van der Waals surface area (Å²) in [6.07, 6.45) is 8.27. The summed E-state index contributed by atoms with van der Waals surface area (Å²) in [6.45, 7) is 0. The number of rotatable bonds is 9. The molecule has 6 aromatic carbocycles. The van der Waals surface area contributed by atoms with Crippen molar-refractivity contribution in [3.63, 3.8) is 0 Å². The van der Waals surface area contributed by atoms with Gasteiger partial charge in [-0.05, 0) is 82.6 Å². The minimum atomic E-state index is 0.610. The van der Waals surface area contributed by atoms with E-state index < -0.39 is 0 Å². The van der Waals surface area contributed by atoms with Gasteiger partial charge in [0.1, 0.15) is 35.2 Å². The number of aldehydes is 1. The predicted octanol–water partition coefficient (Wildman–Crippen LogP) is 10.6. The number of hydrogen-bond donors (Lipinski definition) is 2. The first-order valence-corrected chi connectivity index (χ1v) is 20.8. The molecular formula is C46H40N8O3S2. The Labute approximate surface area is 350 Å². The van der Waals surface area contributed by atoms with Crippen molar-refractivity contribution in [1.82, 2.24) is 29.5 Å². The molecule has 0 aliphatic heterocycles. The van der Waals surface area contributed by atoms with Gasteiger partial charge in [0, 0.05) is 35.7 Å². The van der Waals surface area contributed by atoms with Gasteiger partial charge in [-0.3, -0.25) is 9.36 Å². The third kappa shape index (κ3) is 9.61. The maximum Gasteiger partial charge on any atom is 0.189 e. The number of nitrogens with one attached hydrogen (secondary N) is 1. The van der Waals surface area contributed by atoms with Crippen LogP contribution in [0.4, 0.5) is 17.2 Å². The number of nitrogens with two attached hydrogens (primary N) is 1. The fraction of sp³-hybridized carbons (Fsp3) is 0.0870. The molecule has 0 spiro atoms. The molecule has 9 aromatic rings. The highest BCUT2D eigenvalue weighted by Crippen LogP contribution is 2.32. The Bertz CT molecular complexity index is 2890. The number of nitrogens with zero attached hydrogens (tertiary/aromatic N) is 6. The van der Waals surface area contributed by atoms with E-state index in [0.29, 0.717) is 16.7 Å². The Morgan fingerprint density at radius 2 is 1.27 bits per heavy atom. The van der Waals surface area contributed by atoms with Crippen LogP contribution in [0, 0.1) is 0 Å². The average Bonchev–Trinajstić information content (AvgIpc) is 3.69. The van der Waals surface area contributed by atoms with Crippen LogP contribution in [0.25, 0.3) is 49.8 Å². The number of benzene rings is 6. The number of ether oxygens (including phenoxy) is 2.